The Hall–Kier alpha value is -2.18. The van der Waals surface area contributed by atoms with Crippen LogP contribution < -0.4 is 0 Å². The van der Waals surface area contributed by atoms with Gasteiger partial charge in [0.05, 0.1) is 30.1 Å². The van der Waals surface area contributed by atoms with Crippen LogP contribution in [0.5, 0.6) is 0 Å². The summed E-state index contributed by atoms with van der Waals surface area (Å²) in [5.74, 6) is 0.00842. The Morgan fingerprint density at radius 1 is 1.53 bits per heavy atom. The summed E-state index contributed by atoms with van der Waals surface area (Å²) >= 11 is 0. The van der Waals surface area contributed by atoms with Gasteiger partial charge in [-0.3, -0.25) is 9.36 Å². The van der Waals surface area contributed by atoms with E-state index in [9.17, 15) is 4.79 Å². The summed E-state index contributed by atoms with van der Waals surface area (Å²) in [7, 11) is 1.85. The second-order valence-corrected chi connectivity index (χ2v) is 4.66. The number of carbonyl (C=O) groups is 1. The van der Waals surface area contributed by atoms with Gasteiger partial charge in [0.25, 0.3) is 0 Å². The minimum Gasteiger partial charge on any atom is -0.462 e. The van der Waals surface area contributed by atoms with Crippen molar-refractivity contribution < 1.29 is 9.53 Å². The predicted molar refractivity (Wildman–Crippen MR) is 65.6 cm³/mol. The molecule has 1 fully saturated rings. The van der Waals surface area contributed by atoms with Crippen molar-refractivity contribution in [3.63, 3.8) is 0 Å². The van der Waals surface area contributed by atoms with E-state index in [-0.39, 0.29) is 12.0 Å². The van der Waals surface area contributed by atoms with Gasteiger partial charge in [-0.05, 0) is 13.3 Å². The highest BCUT2D eigenvalue weighted by Gasteiger charge is 2.42. The Kier molecular flexibility index (Phi) is 2.81. The second kappa shape index (κ2) is 4.49. The van der Waals surface area contributed by atoms with Crippen LogP contribution in [0.25, 0.3) is 0 Å². The van der Waals surface area contributed by atoms with Crippen LogP contribution in [0.3, 0.4) is 0 Å². The lowest BCUT2D eigenvalue weighted by atomic mass is 10.3. The number of carbonyl (C=O) groups excluding carboxylic acids is 1. The molecule has 0 aromatic carbocycles. The molecule has 1 aliphatic carbocycles. The molecule has 3 rings (SSSR count). The smallest absolute Gasteiger partial charge is 0.341 e. The van der Waals surface area contributed by atoms with Crippen LogP contribution in [0.1, 0.15) is 41.4 Å². The molecule has 0 radical (unpaired) electrons. The second-order valence-electron chi connectivity index (χ2n) is 4.66. The number of aryl methyl sites for hydroxylation is 1. The highest BCUT2D eigenvalue weighted by Crippen LogP contribution is 2.50. The molecule has 0 aliphatic heterocycles. The topological polar surface area (TPSA) is 74.8 Å². The fraction of sp³-hybridized carbons (Fsp3) is 0.500. The van der Waals surface area contributed by atoms with Crippen molar-refractivity contribution in [3.05, 3.63) is 29.8 Å². The summed E-state index contributed by atoms with van der Waals surface area (Å²) in [6.07, 6.45) is 6.17. The summed E-state index contributed by atoms with van der Waals surface area (Å²) in [6, 6.07) is 0.264. The van der Waals surface area contributed by atoms with E-state index in [1.165, 1.54) is 0 Å². The molecule has 0 spiro atoms. The molecule has 0 N–H and O–H groups in total. The molecule has 0 bridgehead atoms. The predicted octanol–water partition coefficient (Wildman–Crippen LogP) is 0.917. The maximum absolute atomic E-state index is 11.6. The Bertz CT molecular complexity index is 603. The van der Waals surface area contributed by atoms with Gasteiger partial charge >= 0.3 is 5.97 Å². The summed E-state index contributed by atoms with van der Waals surface area (Å²) in [5.41, 5.74) is 1.47. The standard InChI is InChI=1S/C12H15N5O2/c1-3-19-12(18)8-5-13-17(6-8)11-4-9(11)10-7-16(2)15-14-10/h5-7,9,11H,3-4H2,1-2H3/t9-,11+/m0/s1. The fourth-order valence-corrected chi connectivity index (χ4v) is 2.17. The van der Waals surface area contributed by atoms with Crippen LogP contribution in [0, 0.1) is 0 Å². The highest BCUT2D eigenvalue weighted by molar-refractivity contribution is 5.88. The minimum atomic E-state index is -0.328. The lowest BCUT2D eigenvalue weighted by molar-refractivity contribution is 0.0526. The van der Waals surface area contributed by atoms with Crippen molar-refractivity contribution in [2.75, 3.05) is 6.61 Å². The Labute approximate surface area is 110 Å². The third kappa shape index (κ3) is 2.23. The van der Waals surface area contributed by atoms with Gasteiger partial charge < -0.3 is 4.74 Å². The van der Waals surface area contributed by atoms with E-state index in [1.807, 2.05) is 17.9 Å². The molecule has 7 heteroatoms. The molecule has 0 amide bonds. The first-order valence-corrected chi connectivity index (χ1v) is 6.26. The molecule has 100 valence electrons. The van der Waals surface area contributed by atoms with Crippen LogP contribution >= 0.6 is 0 Å². The average molecular weight is 261 g/mol. The number of hydrogen-bond acceptors (Lipinski definition) is 5. The largest absolute Gasteiger partial charge is 0.462 e. The molecule has 2 aromatic heterocycles. The lowest BCUT2D eigenvalue weighted by Crippen LogP contribution is -2.03. The molecule has 0 unspecified atom stereocenters. The summed E-state index contributed by atoms with van der Waals surface area (Å²) in [5, 5.41) is 12.3. The molecule has 1 saturated carbocycles. The van der Waals surface area contributed by atoms with Crippen molar-refractivity contribution in [3.8, 4) is 0 Å². The van der Waals surface area contributed by atoms with E-state index < -0.39 is 0 Å². The van der Waals surface area contributed by atoms with Gasteiger partial charge in [-0.2, -0.15) is 5.10 Å². The molecule has 7 nitrogen and oxygen atoms in total. The number of esters is 1. The van der Waals surface area contributed by atoms with Crippen LogP contribution in [0.15, 0.2) is 18.6 Å². The third-order valence-corrected chi connectivity index (χ3v) is 3.21. The first-order valence-electron chi connectivity index (χ1n) is 6.26. The van der Waals surface area contributed by atoms with E-state index in [2.05, 4.69) is 15.4 Å². The maximum Gasteiger partial charge on any atom is 0.341 e. The molecule has 1 aliphatic rings. The first kappa shape index (κ1) is 11.9. The first-order chi connectivity index (χ1) is 9.19. The lowest BCUT2D eigenvalue weighted by Gasteiger charge is -1.98. The zero-order valence-corrected chi connectivity index (χ0v) is 10.9. The van der Waals surface area contributed by atoms with Gasteiger partial charge in [0, 0.05) is 25.4 Å². The Morgan fingerprint density at radius 2 is 2.37 bits per heavy atom. The Morgan fingerprint density at radius 3 is 3.05 bits per heavy atom. The van der Waals surface area contributed by atoms with Crippen molar-refractivity contribution in [2.45, 2.75) is 25.3 Å². The van der Waals surface area contributed by atoms with E-state index >= 15 is 0 Å². The van der Waals surface area contributed by atoms with Gasteiger partial charge in [0.15, 0.2) is 0 Å². The van der Waals surface area contributed by atoms with Crippen LogP contribution in [0.4, 0.5) is 0 Å². The Balaban J connectivity index is 1.70. The van der Waals surface area contributed by atoms with Gasteiger partial charge in [0.1, 0.15) is 0 Å². The maximum atomic E-state index is 11.6. The van der Waals surface area contributed by atoms with E-state index in [4.69, 9.17) is 4.74 Å². The van der Waals surface area contributed by atoms with Crippen molar-refractivity contribution >= 4 is 5.97 Å². The minimum absolute atomic E-state index is 0.264. The number of rotatable bonds is 4. The average Bonchev–Trinajstić information content (AvgIpc) is 2.85. The molecule has 2 atom stereocenters. The van der Waals surface area contributed by atoms with E-state index in [0.717, 1.165) is 12.1 Å². The SMILES string of the molecule is CCOC(=O)c1cnn([C@@H]2C[C@H]2c2cn(C)nn2)c1. The van der Waals surface area contributed by atoms with Gasteiger partial charge in [-0.1, -0.05) is 5.21 Å². The summed E-state index contributed by atoms with van der Waals surface area (Å²) < 4.78 is 8.44. The number of aromatic nitrogens is 5. The molecule has 2 aromatic rings. The van der Waals surface area contributed by atoms with E-state index in [0.29, 0.717) is 18.1 Å². The highest BCUT2D eigenvalue weighted by atomic mass is 16.5. The van der Waals surface area contributed by atoms with Gasteiger partial charge in [-0.25, -0.2) is 4.79 Å². The third-order valence-electron chi connectivity index (χ3n) is 3.21. The quantitative estimate of drug-likeness (QED) is 0.765. The van der Waals surface area contributed by atoms with Crippen molar-refractivity contribution in [1.82, 2.24) is 24.8 Å². The molecule has 0 saturated heterocycles. The molecular weight excluding hydrogens is 246 g/mol. The van der Waals surface area contributed by atoms with Crippen molar-refractivity contribution in [1.29, 1.82) is 0 Å². The monoisotopic (exact) mass is 261 g/mol. The molecule has 2 heterocycles. The van der Waals surface area contributed by atoms with Crippen LogP contribution in [0.2, 0.25) is 0 Å². The molecular formula is C12H15N5O2. The van der Waals surface area contributed by atoms with Gasteiger partial charge in [-0.15, -0.1) is 5.10 Å². The zero-order chi connectivity index (χ0) is 13.4. The zero-order valence-electron chi connectivity index (χ0n) is 10.9. The number of ether oxygens (including phenoxy) is 1. The van der Waals surface area contributed by atoms with Crippen molar-refractivity contribution in [2.24, 2.45) is 7.05 Å². The van der Waals surface area contributed by atoms with Crippen LogP contribution in [-0.4, -0.2) is 37.4 Å². The summed E-state index contributed by atoms with van der Waals surface area (Å²) in [4.78, 5) is 11.6. The van der Waals surface area contributed by atoms with Gasteiger partial charge in [0.2, 0.25) is 0 Å². The molecule has 19 heavy (non-hydrogen) atoms. The van der Waals surface area contributed by atoms with E-state index in [1.54, 1.807) is 24.0 Å². The van der Waals surface area contributed by atoms with Crippen LogP contribution in [-0.2, 0) is 11.8 Å². The fourth-order valence-electron chi connectivity index (χ4n) is 2.17. The number of nitrogens with zero attached hydrogens (tertiary/aromatic N) is 5. The number of hydrogen-bond donors (Lipinski definition) is 0. The summed E-state index contributed by atoms with van der Waals surface area (Å²) in [6.45, 7) is 2.16. The normalized spacial score (nSPS) is 21.4.